The third-order valence-corrected chi connectivity index (χ3v) is 5.00. The molecule has 2 N–H and O–H groups in total. The number of rotatable bonds is 7. The summed E-state index contributed by atoms with van der Waals surface area (Å²) in [4.78, 5) is 28.0. The summed E-state index contributed by atoms with van der Waals surface area (Å²) in [6, 6.07) is 5.65. The lowest BCUT2D eigenvalue weighted by atomic mass is 10.1. The summed E-state index contributed by atoms with van der Waals surface area (Å²) in [5.41, 5.74) is 1.69. The van der Waals surface area contributed by atoms with Crippen molar-refractivity contribution in [1.29, 1.82) is 0 Å². The van der Waals surface area contributed by atoms with Gasteiger partial charge in [0.2, 0.25) is 18.6 Å². The van der Waals surface area contributed by atoms with Gasteiger partial charge in [0, 0.05) is 29.8 Å². The van der Waals surface area contributed by atoms with Crippen LogP contribution in [-0.4, -0.2) is 30.1 Å². The second kappa shape index (κ2) is 7.33. The van der Waals surface area contributed by atoms with Crippen LogP contribution in [0.1, 0.15) is 25.7 Å². The maximum Gasteiger partial charge on any atom is 0.231 e. The maximum atomic E-state index is 12.0. The number of carbonyl (C=O) groups excluding carboxylic acids is 2. The fourth-order valence-electron chi connectivity index (χ4n) is 2.65. The van der Waals surface area contributed by atoms with E-state index in [1.165, 1.54) is 11.3 Å². The fourth-order valence-corrected chi connectivity index (χ4v) is 3.39. The number of thiazole rings is 1. The minimum atomic E-state index is -0.0998. The summed E-state index contributed by atoms with van der Waals surface area (Å²) < 4.78 is 10.7. The van der Waals surface area contributed by atoms with Crippen molar-refractivity contribution >= 4 is 28.3 Å². The number of carbonyl (C=O) groups is 2. The standard InChI is InChI=1S/C18H19N3O4S/c22-16(2-1-7-19-17(23)11-3-4-11)21-18-20-13(9-26-18)12-5-6-14-15(8-12)25-10-24-14/h5-6,8-9,11H,1-4,7,10H2,(H,19,23)(H,20,21,22). The molecule has 0 radical (unpaired) electrons. The predicted octanol–water partition coefficient (Wildman–Crippen LogP) is 2.78. The van der Waals surface area contributed by atoms with E-state index in [0.717, 1.165) is 29.8 Å². The van der Waals surface area contributed by atoms with Gasteiger partial charge in [0.05, 0.1) is 5.69 Å². The first kappa shape index (κ1) is 16.8. The highest BCUT2D eigenvalue weighted by molar-refractivity contribution is 7.14. The number of hydrogen-bond acceptors (Lipinski definition) is 6. The van der Waals surface area contributed by atoms with Gasteiger partial charge in [-0.15, -0.1) is 11.3 Å². The lowest BCUT2D eigenvalue weighted by Gasteiger charge is -2.04. The molecule has 1 saturated carbocycles. The molecule has 1 aliphatic heterocycles. The van der Waals surface area contributed by atoms with Crippen molar-refractivity contribution in [1.82, 2.24) is 10.3 Å². The highest BCUT2D eigenvalue weighted by Crippen LogP contribution is 2.36. The quantitative estimate of drug-likeness (QED) is 0.729. The molecule has 1 fully saturated rings. The Bertz CT molecular complexity index is 832. The van der Waals surface area contributed by atoms with E-state index in [-0.39, 0.29) is 24.5 Å². The van der Waals surface area contributed by atoms with Gasteiger partial charge in [0.15, 0.2) is 16.6 Å². The van der Waals surface area contributed by atoms with Crippen LogP contribution in [0.2, 0.25) is 0 Å². The lowest BCUT2D eigenvalue weighted by Crippen LogP contribution is -2.26. The molecule has 2 aliphatic rings. The van der Waals surface area contributed by atoms with Crippen molar-refractivity contribution in [3.63, 3.8) is 0 Å². The Morgan fingerprint density at radius 2 is 2.08 bits per heavy atom. The first-order valence-corrected chi connectivity index (χ1v) is 9.50. The Kier molecular flexibility index (Phi) is 4.75. The topological polar surface area (TPSA) is 89.6 Å². The van der Waals surface area contributed by atoms with Crippen LogP contribution in [0.25, 0.3) is 11.3 Å². The third-order valence-electron chi connectivity index (χ3n) is 4.25. The number of nitrogens with one attached hydrogen (secondary N) is 2. The van der Waals surface area contributed by atoms with Crippen LogP contribution in [0, 0.1) is 5.92 Å². The lowest BCUT2D eigenvalue weighted by molar-refractivity contribution is -0.122. The van der Waals surface area contributed by atoms with Gasteiger partial charge in [0.1, 0.15) is 0 Å². The first-order valence-electron chi connectivity index (χ1n) is 8.62. The largest absolute Gasteiger partial charge is 0.454 e. The molecule has 0 bridgehead atoms. The van der Waals surface area contributed by atoms with Crippen molar-refractivity contribution in [2.75, 3.05) is 18.7 Å². The van der Waals surface area contributed by atoms with Crippen molar-refractivity contribution in [3.8, 4) is 22.8 Å². The van der Waals surface area contributed by atoms with Crippen LogP contribution in [0.3, 0.4) is 0 Å². The van der Waals surface area contributed by atoms with E-state index in [0.29, 0.717) is 30.3 Å². The average molecular weight is 373 g/mol. The molecule has 136 valence electrons. The van der Waals surface area contributed by atoms with Crippen molar-refractivity contribution in [2.24, 2.45) is 5.92 Å². The second-order valence-electron chi connectivity index (χ2n) is 6.32. The van der Waals surface area contributed by atoms with Crippen molar-refractivity contribution in [3.05, 3.63) is 23.6 Å². The molecule has 1 aromatic carbocycles. The van der Waals surface area contributed by atoms with E-state index < -0.39 is 0 Å². The van der Waals surface area contributed by atoms with Gasteiger partial charge in [-0.1, -0.05) is 0 Å². The zero-order valence-electron chi connectivity index (χ0n) is 14.1. The average Bonchev–Trinajstić information content (AvgIpc) is 3.21. The minimum absolute atomic E-state index is 0.0998. The Labute approximate surface area is 154 Å². The molecule has 26 heavy (non-hydrogen) atoms. The van der Waals surface area contributed by atoms with Gasteiger partial charge in [-0.2, -0.15) is 0 Å². The van der Waals surface area contributed by atoms with E-state index in [1.807, 2.05) is 23.6 Å². The molecule has 1 aromatic heterocycles. The summed E-state index contributed by atoms with van der Waals surface area (Å²) in [5, 5.41) is 8.12. The zero-order chi connectivity index (χ0) is 17.9. The summed E-state index contributed by atoms with van der Waals surface area (Å²) in [5.74, 6) is 1.64. The summed E-state index contributed by atoms with van der Waals surface area (Å²) >= 11 is 1.38. The van der Waals surface area contributed by atoms with Gasteiger partial charge in [-0.05, 0) is 37.5 Å². The van der Waals surface area contributed by atoms with Crippen LogP contribution in [0.4, 0.5) is 5.13 Å². The number of ether oxygens (including phenoxy) is 2. The van der Waals surface area contributed by atoms with Crippen molar-refractivity contribution < 1.29 is 19.1 Å². The van der Waals surface area contributed by atoms with Gasteiger partial charge < -0.3 is 20.1 Å². The first-order chi connectivity index (χ1) is 12.7. The van der Waals surface area contributed by atoms with Crippen LogP contribution < -0.4 is 20.1 Å². The second-order valence-corrected chi connectivity index (χ2v) is 7.18. The van der Waals surface area contributed by atoms with Crippen LogP contribution >= 0.6 is 11.3 Å². The molecule has 0 atom stereocenters. The Morgan fingerprint density at radius 1 is 1.23 bits per heavy atom. The number of nitrogens with zero attached hydrogens (tertiary/aromatic N) is 1. The molecule has 0 spiro atoms. The van der Waals surface area contributed by atoms with Gasteiger partial charge in [-0.3, -0.25) is 9.59 Å². The van der Waals surface area contributed by atoms with E-state index >= 15 is 0 Å². The van der Waals surface area contributed by atoms with E-state index in [9.17, 15) is 9.59 Å². The SMILES string of the molecule is O=C(CCCNC(=O)C1CC1)Nc1nc(-c2ccc3c(c2)OCO3)cs1. The van der Waals surface area contributed by atoms with E-state index in [4.69, 9.17) is 9.47 Å². The number of amides is 2. The molecule has 8 heteroatoms. The third kappa shape index (κ3) is 3.96. The van der Waals surface area contributed by atoms with Gasteiger partial charge in [0.25, 0.3) is 0 Å². The molecule has 2 amide bonds. The highest BCUT2D eigenvalue weighted by Gasteiger charge is 2.29. The van der Waals surface area contributed by atoms with E-state index in [2.05, 4.69) is 15.6 Å². The molecule has 1 aliphatic carbocycles. The highest BCUT2D eigenvalue weighted by atomic mass is 32.1. The molecule has 0 unspecified atom stereocenters. The number of fused-ring (bicyclic) bond motifs is 1. The summed E-state index contributed by atoms with van der Waals surface area (Å²) in [6.45, 7) is 0.765. The van der Waals surface area contributed by atoms with Gasteiger partial charge >= 0.3 is 0 Å². The summed E-state index contributed by atoms with van der Waals surface area (Å²) in [6.07, 6.45) is 2.94. The smallest absolute Gasteiger partial charge is 0.231 e. The number of benzene rings is 1. The number of hydrogen-bond donors (Lipinski definition) is 2. The number of aromatic nitrogens is 1. The van der Waals surface area contributed by atoms with Crippen LogP contribution in [0.15, 0.2) is 23.6 Å². The van der Waals surface area contributed by atoms with Crippen LogP contribution in [-0.2, 0) is 9.59 Å². The monoisotopic (exact) mass is 373 g/mol. The molecule has 7 nitrogen and oxygen atoms in total. The minimum Gasteiger partial charge on any atom is -0.454 e. The molecular weight excluding hydrogens is 354 g/mol. The number of anilines is 1. The Balaban J connectivity index is 1.26. The molecule has 2 aromatic rings. The fraction of sp³-hybridized carbons (Fsp3) is 0.389. The molecule has 0 saturated heterocycles. The van der Waals surface area contributed by atoms with Crippen LogP contribution in [0.5, 0.6) is 11.5 Å². The van der Waals surface area contributed by atoms with Gasteiger partial charge in [-0.25, -0.2) is 4.98 Å². The molecule has 4 rings (SSSR count). The Morgan fingerprint density at radius 3 is 2.92 bits per heavy atom. The normalized spacial score (nSPS) is 14.9. The molecular formula is C18H19N3O4S. The zero-order valence-corrected chi connectivity index (χ0v) is 14.9. The predicted molar refractivity (Wildman–Crippen MR) is 97.3 cm³/mol. The summed E-state index contributed by atoms with van der Waals surface area (Å²) in [7, 11) is 0. The Hall–Kier alpha value is -2.61. The van der Waals surface area contributed by atoms with Crippen molar-refractivity contribution in [2.45, 2.75) is 25.7 Å². The maximum absolute atomic E-state index is 12.0. The van der Waals surface area contributed by atoms with E-state index in [1.54, 1.807) is 0 Å². The molecule has 2 heterocycles.